The van der Waals surface area contributed by atoms with Crippen molar-refractivity contribution >= 4 is 11.9 Å². The first-order valence-electron chi connectivity index (χ1n) is 7.97. The van der Waals surface area contributed by atoms with E-state index in [-0.39, 0.29) is 23.5 Å². The molecule has 1 unspecified atom stereocenters. The smallest absolute Gasteiger partial charge is 0.335 e. The van der Waals surface area contributed by atoms with Gasteiger partial charge in [0.15, 0.2) is 0 Å². The van der Waals surface area contributed by atoms with Crippen molar-refractivity contribution in [3.8, 4) is 0 Å². The molecular weight excluding hydrogens is 328 g/mol. The molecule has 0 saturated heterocycles. The van der Waals surface area contributed by atoms with E-state index in [0.29, 0.717) is 12.8 Å². The van der Waals surface area contributed by atoms with E-state index in [1.54, 1.807) is 19.1 Å². The maximum Gasteiger partial charge on any atom is 0.335 e. The van der Waals surface area contributed by atoms with Crippen LogP contribution in [0, 0.1) is 11.6 Å². The van der Waals surface area contributed by atoms with Crippen LogP contribution in [0.25, 0.3) is 0 Å². The van der Waals surface area contributed by atoms with Gasteiger partial charge in [-0.1, -0.05) is 19.1 Å². The SMILES string of the molecule is CCC(NC(=O)CCc1ccc(C(=O)O)cc1)c1cc(F)ccc1F. The van der Waals surface area contributed by atoms with Crippen molar-refractivity contribution in [1.29, 1.82) is 0 Å². The number of carbonyl (C=O) groups is 2. The summed E-state index contributed by atoms with van der Waals surface area (Å²) in [5.41, 5.74) is 1.13. The summed E-state index contributed by atoms with van der Waals surface area (Å²) in [6, 6.07) is 8.84. The van der Waals surface area contributed by atoms with E-state index in [0.717, 1.165) is 23.8 Å². The second kappa shape index (κ2) is 8.37. The number of aryl methyl sites for hydroxylation is 1. The summed E-state index contributed by atoms with van der Waals surface area (Å²) in [7, 11) is 0. The van der Waals surface area contributed by atoms with Gasteiger partial charge in [0, 0.05) is 12.0 Å². The van der Waals surface area contributed by atoms with Gasteiger partial charge < -0.3 is 10.4 Å². The minimum atomic E-state index is -1.01. The fourth-order valence-electron chi connectivity index (χ4n) is 2.52. The fourth-order valence-corrected chi connectivity index (χ4v) is 2.52. The Kier molecular flexibility index (Phi) is 6.22. The molecule has 0 spiro atoms. The second-order valence-electron chi connectivity index (χ2n) is 5.70. The van der Waals surface area contributed by atoms with Crippen LogP contribution in [0.5, 0.6) is 0 Å². The molecule has 2 aromatic rings. The van der Waals surface area contributed by atoms with Gasteiger partial charge in [0.25, 0.3) is 0 Å². The molecule has 0 aliphatic heterocycles. The summed E-state index contributed by atoms with van der Waals surface area (Å²) in [6.45, 7) is 1.78. The zero-order chi connectivity index (χ0) is 18.4. The molecule has 2 rings (SSSR count). The van der Waals surface area contributed by atoms with Gasteiger partial charge in [-0.15, -0.1) is 0 Å². The lowest BCUT2D eigenvalue weighted by molar-refractivity contribution is -0.121. The highest BCUT2D eigenvalue weighted by Crippen LogP contribution is 2.21. The molecule has 0 fully saturated rings. The topological polar surface area (TPSA) is 66.4 Å². The standard InChI is InChI=1S/C19H19F2NO3/c1-2-17(15-11-14(20)8-9-16(15)21)22-18(23)10-5-12-3-6-13(7-4-12)19(24)25/h3-4,6-9,11,17H,2,5,10H2,1H3,(H,22,23)(H,24,25). The number of rotatable bonds is 7. The largest absolute Gasteiger partial charge is 0.478 e. The zero-order valence-corrected chi connectivity index (χ0v) is 13.8. The van der Waals surface area contributed by atoms with Crippen LogP contribution in [0.3, 0.4) is 0 Å². The number of hydrogen-bond acceptors (Lipinski definition) is 2. The fraction of sp³-hybridized carbons (Fsp3) is 0.263. The number of carbonyl (C=O) groups excluding carboxylic acids is 1. The maximum atomic E-state index is 13.8. The third-order valence-electron chi connectivity index (χ3n) is 3.92. The molecule has 0 aliphatic rings. The molecule has 132 valence electrons. The van der Waals surface area contributed by atoms with E-state index in [1.807, 2.05) is 0 Å². The first kappa shape index (κ1) is 18.6. The monoisotopic (exact) mass is 347 g/mol. The van der Waals surface area contributed by atoms with E-state index < -0.39 is 23.6 Å². The number of hydrogen-bond donors (Lipinski definition) is 2. The van der Waals surface area contributed by atoms with Crippen molar-refractivity contribution in [1.82, 2.24) is 5.32 Å². The van der Waals surface area contributed by atoms with E-state index >= 15 is 0 Å². The molecule has 25 heavy (non-hydrogen) atoms. The number of carboxylic acids is 1. The molecule has 0 radical (unpaired) electrons. The van der Waals surface area contributed by atoms with E-state index in [1.165, 1.54) is 12.1 Å². The van der Waals surface area contributed by atoms with E-state index in [2.05, 4.69) is 5.32 Å². The van der Waals surface area contributed by atoms with Gasteiger partial charge in [-0.2, -0.15) is 0 Å². The Morgan fingerprint density at radius 1 is 1.12 bits per heavy atom. The maximum absolute atomic E-state index is 13.8. The van der Waals surface area contributed by atoms with Crippen LogP contribution in [0.1, 0.15) is 47.3 Å². The van der Waals surface area contributed by atoms with Crippen LogP contribution in [0.15, 0.2) is 42.5 Å². The Labute approximate surface area is 144 Å². The van der Waals surface area contributed by atoms with Crippen LogP contribution in [0.2, 0.25) is 0 Å². The lowest BCUT2D eigenvalue weighted by Gasteiger charge is -2.18. The average Bonchev–Trinajstić information content (AvgIpc) is 2.60. The molecule has 1 atom stereocenters. The van der Waals surface area contributed by atoms with Crippen LogP contribution in [-0.2, 0) is 11.2 Å². The summed E-state index contributed by atoms with van der Waals surface area (Å²) >= 11 is 0. The predicted molar refractivity (Wildman–Crippen MR) is 89.3 cm³/mol. The van der Waals surface area contributed by atoms with Crippen LogP contribution < -0.4 is 5.32 Å². The van der Waals surface area contributed by atoms with Crippen molar-refractivity contribution in [3.63, 3.8) is 0 Å². The van der Waals surface area contributed by atoms with E-state index in [4.69, 9.17) is 5.11 Å². The van der Waals surface area contributed by atoms with Crippen molar-refractivity contribution < 1.29 is 23.5 Å². The lowest BCUT2D eigenvalue weighted by Crippen LogP contribution is -2.29. The molecular formula is C19H19F2NO3. The summed E-state index contributed by atoms with van der Waals surface area (Å²) < 4.78 is 27.2. The zero-order valence-electron chi connectivity index (χ0n) is 13.8. The minimum absolute atomic E-state index is 0.127. The first-order chi connectivity index (χ1) is 11.9. The summed E-state index contributed by atoms with van der Waals surface area (Å²) in [5, 5.41) is 11.6. The quantitative estimate of drug-likeness (QED) is 0.799. The Hall–Kier alpha value is -2.76. The van der Waals surface area contributed by atoms with Crippen molar-refractivity contribution in [2.24, 2.45) is 0 Å². The van der Waals surface area contributed by atoms with Gasteiger partial charge in [-0.3, -0.25) is 4.79 Å². The van der Waals surface area contributed by atoms with Crippen molar-refractivity contribution in [2.45, 2.75) is 32.2 Å². The Balaban J connectivity index is 1.96. The molecule has 2 N–H and O–H groups in total. The highest BCUT2D eigenvalue weighted by atomic mass is 19.1. The molecule has 1 amide bonds. The highest BCUT2D eigenvalue weighted by molar-refractivity contribution is 5.87. The van der Waals surface area contributed by atoms with Crippen LogP contribution >= 0.6 is 0 Å². The molecule has 4 nitrogen and oxygen atoms in total. The summed E-state index contributed by atoms with van der Waals surface area (Å²) in [6.07, 6.45) is 1.02. The van der Waals surface area contributed by atoms with Crippen LogP contribution in [-0.4, -0.2) is 17.0 Å². The third-order valence-corrected chi connectivity index (χ3v) is 3.92. The third kappa shape index (κ3) is 5.11. The Morgan fingerprint density at radius 3 is 2.40 bits per heavy atom. The Bertz CT molecular complexity index is 760. The van der Waals surface area contributed by atoms with Gasteiger partial charge in [-0.05, 0) is 48.7 Å². The van der Waals surface area contributed by atoms with Gasteiger partial charge in [0.1, 0.15) is 11.6 Å². The molecule has 0 bridgehead atoms. The van der Waals surface area contributed by atoms with Gasteiger partial charge >= 0.3 is 5.97 Å². The molecule has 0 saturated carbocycles. The molecule has 6 heteroatoms. The predicted octanol–water partition coefficient (Wildman–Crippen LogP) is 3.86. The van der Waals surface area contributed by atoms with Crippen molar-refractivity contribution in [2.75, 3.05) is 0 Å². The first-order valence-corrected chi connectivity index (χ1v) is 7.97. The van der Waals surface area contributed by atoms with Gasteiger partial charge in [0.2, 0.25) is 5.91 Å². The molecule has 2 aromatic carbocycles. The van der Waals surface area contributed by atoms with E-state index in [9.17, 15) is 18.4 Å². The van der Waals surface area contributed by atoms with Crippen LogP contribution in [0.4, 0.5) is 8.78 Å². The molecule has 0 aliphatic carbocycles. The number of nitrogens with one attached hydrogen (secondary N) is 1. The van der Waals surface area contributed by atoms with Crippen molar-refractivity contribution in [3.05, 3.63) is 70.8 Å². The number of carboxylic acid groups (broad SMARTS) is 1. The normalized spacial score (nSPS) is 11.8. The van der Waals surface area contributed by atoms with Gasteiger partial charge in [0.05, 0.1) is 11.6 Å². The number of aromatic carboxylic acids is 1. The number of halogens is 2. The number of amides is 1. The average molecular weight is 347 g/mol. The lowest BCUT2D eigenvalue weighted by atomic mass is 10.0. The minimum Gasteiger partial charge on any atom is -0.478 e. The summed E-state index contributed by atoms with van der Waals surface area (Å²) in [5.74, 6) is -2.40. The summed E-state index contributed by atoms with van der Waals surface area (Å²) in [4.78, 5) is 22.9. The second-order valence-corrected chi connectivity index (χ2v) is 5.70. The number of benzene rings is 2. The molecule has 0 heterocycles. The Morgan fingerprint density at radius 2 is 1.80 bits per heavy atom. The highest BCUT2D eigenvalue weighted by Gasteiger charge is 2.17. The van der Waals surface area contributed by atoms with Gasteiger partial charge in [-0.25, -0.2) is 13.6 Å². The molecule has 0 aromatic heterocycles.